The molecule has 0 radical (unpaired) electrons. The van der Waals surface area contributed by atoms with Crippen LogP contribution < -0.4 is 20.8 Å². The molecule has 17 nitrogen and oxygen atoms in total. The number of halogens is 3. The number of piperidine rings is 3. The first-order chi connectivity index (χ1) is 36.6. The number of alkyl halides is 3. The molecule has 2 bridgehead atoms. The number of piperazine rings is 1. The van der Waals surface area contributed by atoms with Gasteiger partial charge in [0.15, 0.2) is 0 Å². The Morgan fingerprint density at radius 3 is 2.36 bits per heavy atom. The number of hydrogen-bond acceptors (Lipinski definition) is 11. The number of hydrogen-bond donors (Lipinski definition) is 1. The Bertz CT molecular complexity index is 3290. The van der Waals surface area contributed by atoms with Crippen molar-refractivity contribution in [1.82, 2.24) is 43.7 Å². The maximum Gasteiger partial charge on any atom is 0.418 e. The Morgan fingerprint density at radius 1 is 0.895 bits per heavy atom. The van der Waals surface area contributed by atoms with E-state index in [9.17, 15) is 37.1 Å². The van der Waals surface area contributed by atoms with E-state index in [1.54, 1.807) is 29.2 Å². The summed E-state index contributed by atoms with van der Waals surface area (Å²) in [4.78, 5) is 75.1. The zero-order valence-corrected chi connectivity index (χ0v) is 42.5. The highest BCUT2D eigenvalue weighted by atomic mass is 19.4. The Kier molecular flexibility index (Phi) is 12.8. The number of nitrogens with one attached hydrogen (secondary N) is 1. The first-order valence-electron chi connectivity index (χ1n) is 26.4. The fourth-order valence-electron chi connectivity index (χ4n) is 12.5. The third kappa shape index (κ3) is 9.21. The van der Waals surface area contributed by atoms with Gasteiger partial charge in [-0.1, -0.05) is 18.6 Å². The molecule has 396 valence electrons. The zero-order valence-electron chi connectivity index (χ0n) is 42.5. The van der Waals surface area contributed by atoms with Crippen molar-refractivity contribution < 1.29 is 37.1 Å². The minimum atomic E-state index is -4.69. The lowest BCUT2D eigenvalue weighted by atomic mass is 9.72. The Labute approximate surface area is 436 Å². The van der Waals surface area contributed by atoms with Gasteiger partial charge in [0.25, 0.3) is 11.8 Å². The monoisotopic (exact) mass is 1040 g/mol. The normalized spacial score (nSPS) is 21.7. The Balaban J connectivity index is 0.618. The summed E-state index contributed by atoms with van der Waals surface area (Å²) in [7, 11) is 3.66. The van der Waals surface area contributed by atoms with Gasteiger partial charge in [0.2, 0.25) is 11.8 Å². The molecule has 6 aliphatic heterocycles. The molecule has 1 aliphatic carbocycles. The largest absolute Gasteiger partial charge is 0.418 e. The van der Waals surface area contributed by atoms with Gasteiger partial charge in [-0.05, 0) is 122 Å². The smallest absolute Gasteiger partial charge is 0.376 e. The molecular weight excluding hydrogens is 980 g/mol. The van der Waals surface area contributed by atoms with Crippen LogP contribution >= 0.6 is 0 Å². The van der Waals surface area contributed by atoms with Crippen LogP contribution in [0.25, 0.3) is 11.2 Å². The molecule has 6 aromatic rings. The Hall–Kier alpha value is -7.32. The predicted molar refractivity (Wildman–Crippen MR) is 275 cm³/mol. The van der Waals surface area contributed by atoms with Gasteiger partial charge in [0, 0.05) is 119 Å². The lowest BCUT2D eigenvalue weighted by Crippen LogP contribution is -2.69. The van der Waals surface area contributed by atoms with Crippen molar-refractivity contribution in [2.45, 2.75) is 101 Å². The van der Waals surface area contributed by atoms with E-state index in [1.165, 1.54) is 17.0 Å². The highest BCUT2D eigenvalue weighted by molar-refractivity contribution is 6.05. The molecule has 3 aromatic carbocycles. The van der Waals surface area contributed by atoms with Crippen molar-refractivity contribution in [1.29, 1.82) is 0 Å². The number of ether oxygens (including phenoxy) is 1. The number of nitrogens with zero attached hydrogens (tertiary/aromatic N) is 10. The molecule has 76 heavy (non-hydrogen) atoms. The Morgan fingerprint density at radius 2 is 1.66 bits per heavy atom. The number of likely N-dealkylation sites (N-methyl/N-ethyl adjacent to an activating group) is 1. The van der Waals surface area contributed by atoms with Crippen LogP contribution in [-0.4, -0.2) is 133 Å². The second-order valence-electron chi connectivity index (χ2n) is 21.6. The minimum Gasteiger partial charge on any atom is -0.376 e. The summed E-state index contributed by atoms with van der Waals surface area (Å²) in [6.07, 6.45) is 5.87. The van der Waals surface area contributed by atoms with Crippen LogP contribution in [0.3, 0.4) is 0 Å². The maximum atomic E-state index is 14.7. The van der Waals surface area contributed by atoms with Crippen molar-refractivity contribution in [3.05, 3.63) is 141 Å². The number of pyridine rings is 1. The summed E-state index contributed by atoms with van der Waals surface area (Å²) in [6, 6.07) is 22.2. The molecule has 2 unspecified atom stereocenters. The first kappa shape index (κ1) is 49.6. The average molecular weight is 1040 g/mol. The van der Waals surface area contributed by atoms with E-state index < -0.39 is 29.4 Å². The third-order valence-electron chi connectivity index (χ3n) is 16.8. The fraction of sp³-hybridized carbons (Fsp3) is 0.446. The summed E-state index contributed by atoms with van der Waals surface area (Å²) in [6.45, 7) is 4.13. The number of aromatic nitrogens is 5. The number of imidazole rings is 1. The highest BCUT2D eigenvalue weighted by Gasteiger charge is 2.46. The number of anilines is 2. The molecule has 6 fully saturated rings. The van der Waals surface area contributed by atoms with Gasteiger partial charge in [-0.25, -0.2) is 4.79 Å². The molecule has 5 saturated heterocycles. The molecule has 4 amide bonds. The number of aryl methyl sites for hydroxylation is 1. The number of fused-ring (bicyclic) bond motifs is 4. The first-order valence-corrected chi connectivity index (χ1v) is 26.4. The van der Waals surface area contributed by atoms with E-state index >= 15 is 0 Å². The van der Waals surface area contributed by atoms with Gasteiger partial charge >= 0.3 is 11.9 Å². The second kappa shape index (κ2) is 19.7. The summed E-state index contributed by atoms with van der Waals surface area (Å²) < 4.78 is 54.7. The number of imide groups is 1. The topological polar surface area (TPSA) is 163 Å². The summed E-state index contributed by atoms with van der Waals surface area (Å²) in [5, 5.41) is 10.9. The van der Waals surface area contributed by atoms with Crippen LogP contribution in [0.5, 0.6) is 0 Å². The van der Waals surface area contributed by atoms with Crippen LogP contribution in [0.4, 0.5) is 24.5 Å². The summed E-state index contributed by atoms with van der Waals surface area (Å²) in [5.41, 5.74) is 4.35. The molecule has 1 saturated carbocycles. The summed E-state index contributed by atoms with van der Waals surface area (Å²) >= 11 is 0. The lowest BCUT2D eigenvalue weighted by Gasteiger charge is -2.58. The van der Waals surface area contributed by atoms with Crippen LogP contribution in [0.1, 0.15) is 106 Å². The molecular formula is C56H60F3N11O6. The number of carbonyl (C=O) groups excluding carboxylic acids is 4. The fourth-order valence-corrected chi connectivity index (χ4v) is 12.5. The van der Waals surface area contributed by atoms with Gasteiger partial charge in [-0.3, -0.25) is 38.4 Å². The van der Waals surface area contributed by atoms with E-state index in [-0.39, 0.29) is 60.3 Å². The number of likely N-dealkylation sites (tertiary alicyclic amines) is 1. The van der Waals surface area contributed by atoms with Crippen LogP contribution in [0.2, 0.25) is 0 Å². The SMILES string of the molecule is CN(CCOC1CCN(Cc2cc(C(F)(F)F)c3cn(-c4cccc([C@H](c5nncn5C)C5CCC5)c4)c(=O)n3c2)CC1)C(=O)c1ccc(N2CC3CC(C2)N3c2ccc3c(c2)CN([C@@H]2CCC(=O)NC2=O)C3=O)cc1. The van der Waals surface area contributed by atoms with Crippen molar-refractivity contribution in [3.8, 4) is 5.69 Å². The van der Waals surface area contributed by atoms with Crippen molar-refractivity contribution in [2.75, 3.05) is 56.2 Å². The van der Waals surface area contributed by atoms with E-state index in [4.69, 9.17) is 4.74 Å². The summed E-state index contributed by atoms with van der Waals surface area (Å²) in [5.74, 6) is 0.0994. The third-order valence-corrected chi connectivity index (χ3v) is 16.8. The van der Waals surface area contributed by atoms with Crippen LogP contribution in [0, 0.1) is 5.92 Å². The molecule has 0 spiro atoms. The van der Waals surface area contributed by atoms with E-state index in [2.05, 4.69) is 36.3 Å². The van der Waals surface area contributed by atoms with Crippen LogP contribution in [0.15, 0.2) is 96.3 Å². The van der Waals surface area contributed by atoms with Crippen molar-refractivity contribution >= 4 is 40.5 Å². The quantitative estimate of drug-likeness (QED) is 0.125. The molecule has 4 atom stereocenters. The van der Waals surface area contributed by atoms with Crippen molar-refractivity contribution in [3.63, 3.8) is 0 Å². The molecule has 13 rings (SSSR count). The van der Waals surface area contributed by atoms with Gasteiger partial charge < -0.3 is 28.9 Å². The van der Waals surface area contributed by atoms with E-state index in [1.807, 2.05) is 66.2 Å². The molecule has 3 aromatic heterocycles. The van der Waals surface area contributed by atoms with E-state index in [0.29, 0.717) is 80.3 Å². The molecule has 20 heteroatoms. The van der Waals surface area contributed by atoms with Gasteiger partial charge in [0.05, 0.1) is 29.5 Å². The highest BCUT2D eigenvalue weighted by Crippen LogP contribution is 2.44. The standard InChI is InChI=1S/C56H60F3N11O6/c1-63(53(73)36-9-11-39(12-10-36)66-30-42-26-43(31-66)70(42)41-13-14-45-38(25-41)29-68(54(45)74)47-15-16-49(71)61-52(47)72)21-22-76-44-17-19-65(20-18-44)27-34-23-46(56(57,58)59)48-32-67(55(75)69(48)28-34)40-8-4-7-37(24-40)50(35-5-3-6-35)51-62-60-33-64(51)2/h4,7-14,23-25,28,32-33,35,42-44,47,50H,3,5-6,15-22,26-27,29-31H2,1-2H3,(H,61,71,72)/t42?,43?,47-,50-/m1/s1. The van der Waals surface area contributed by atoms with Crippen LogP contribution in [-0.2, 0) is 40.6 Å². The van der Waals surface area contributed by atoms with Crippen molar-refractivity contribution in [2.24, 2.45) is 13.0 Å². The predicted octanol–water partition coefficient (Wildman–Crippen LogP) is 6.15. The van der Waals surface area contributed by atoms with Gasteiger partial charge in [-0.15, -0.1) is 10.2 Å². The molecule has 1 N–H and O–H groups in total. The van der Waals surface area contributed by atoms with Gasteiger partial charge in [0.1, 0.15) is 18.2 Å². The number of rotatable bonds is 14. The lowest BCUT2D eigenvalue weighted by molar-refractivity contribution is -0.137. The minimum absolute atomic E-state index is 0.0541. The van der Waals surface area contributed by atoms with E-state index in [0.717, 1.165) is 77.6 Å². The average Bonchev–Trinajstić information content (AvgIpc) is 4.14. The molecule has 9 heterocycles. The number of amides is 4. The molecule has 7 aliphatic rings. The second-order valence-corrected chi connectivity index (χ2v) is 21.6. The number of carbonyl (C=O) groups is 4. The maximum absolute atomic E-state index is 14.7. The number of benzene rings is 3. The zero-order chi connectivity index (χ0) is 52.6. The van der Waals surface area contributed by atoms with Gasteiger partial charge in [-0.2, -0.15) is 13.2 Å².